The van der Waals surface area contributed by atoms with Crippen molar-refractivity contribution in [3.63, 3.8) is 0 Å². The third-order valence-corrected chi connectivity index (χ3v) is 2.81. The minimum atomic E-state index is 0.907. The van der Waals surface area contributed by atoms with Gasteiger partial charge in [0.05, 0.1) is 12.0 Å². The summed E-state index contributed by atoms with van der Waals surface area (Å²) in [6, 6.07) is 10.4. The summed E-state index contributed by atoms with van der Waals surface area (Å²) in [5.74, 6) is 0. The van der Waals surface area contributed by atoms with Crippen molar-refractivity contribution < 1.29 is 0 Å². The first-order valence-corrected chi connectivity index (χ1v) is 6.01. The Morgan fingerprint density at radius 2 is 2.00 bits per heavy atom. The van der Waals surface area contributed by atoms with Gasteiger partial charge in [-0.2, -0.15) is 0 Å². The topological polar surface area (TPSA) is 17.8 Å². The Hall–Kier alpha value is -0.840. The molecule has 0 bridgehead atoms. The van der Waals surface area contributed by atoms with E-state index in [4.69, 9.17) is 0 Å². The van der Waals surface area contributed by atoms with Crippen molar-refractivity contribution in [3.05, 3.63) is 54.1 Å². The zero-order valence-electron chi connectivity index (χ0n) is 7.73. The number of alkyl halides is 1. The smallest absolute Gasteiger partial charge is 0.0952 e. The molecular formula is C11H11IN2. The first-order chi connectivity index (χ1) is 6.88. The molecule has 0 aliphatic rings. The van der Waals surface area contributed by atoms with Crippen molar-refractivity contribution >= 4 is 22.6 Å². The fraction of sp³-hybridized carbons (Fsp3) is 0.182. The van der Waals surface area contributed by atoms with Crippen molar-refractivity contribution in [1.29, 1.82) is 0 Å². The highest BCUT2D eigenvalue weighted by molar-refractivity contribution is 14.1. The van der Waals surface area contributed by atoms with Gasteiger partial charge >= 0.3 is 0 Å². The van der Waals surface area contributed by atoms with E-state index in [9.17, 15) is 0 Å². The Bertz CT molecular complexity index is 395. The van der Waals surface area contributed by atoms with Gasteiger partial charge < -0.3 is 4.57 Å². The van der Waals surface area contributed by atoms with Crippen molar-refractivity contribution in [3.8, 4) is 0 Å². The van der Waals surface area contributed by atoms with Gasteiger partial charge in [0.15, 0.2) is 0 Å². The van der Waals surface area contributed by atoms with E-state index in [1.807, 2.05) is 12.4 Å². The SMILES string of the molecule is ICc1cn(Cc2ccccc2)cn1. The maximum Gasteiger partial charge on any atom is 0.0952 e. The van der Waals surface area contributed by atoms with Gasteiger partial charge in [0.1, 0.15) is 0 Å². The lowest BCUT2D eigenvalue weighted by Gasteiger charge is -2.00. The van der Waals surface area contributed by atoms with Gasteiger partial charge in [0.2, 0.25) is 0 Å². The van der Waals surface area contributed by atoms with Crippen LogP contribution in [0.1, 0.15) is 11.3 Å². The molecule has 0 unspecified atom stereocenters. The Morgan fingerprint density at radius 1 is 1.21 bits per heavy atom. The maximum atomic E-state index is 4.29. The number of benzene rings is 1. The molecule has 2 nitrogen and oxygen atoms in total. The molecule has 2 aromatic rings. The summed E-state index contributed by atoms with van der Waals surface area (Å²) in [5.41, 5.74) is 2.45. The first kappa shape index (κ1) is 9.71. The van der Waals surface area contributed by atoms with Crippen LogP contribution in [-0.2, 0) is 11.0 Å². The number of nitrogens with zero attached hydrogens (tertiary/aromatic N) is 2. The molecule has 0 aliphatic carbocycles. The van der Waals surface area contributed by atoms with Crippen LogP contribution in [0.15, 0.2) is 42.9 Å². The minimum Gasteiger partial charge on any atom is -0.333 e. The predicted octanol–water partition coefficient (Wildman–Crippen LogP) is 2.87. The number of hydrogen-bond donors (Lipinski definition) is 0. The van der Waals surface area contributed by atoms with Crippen LogP contribution in [-0.4, -0.2) is 9.55 Å². The molecule has 14 heavy (non-hydrogen) atoms. The minimum absolute atomic E-state index is 0.907. The molecule has 0 fully saturated rings. The number of imidazole rings is 1. The number of aromatic nitrogens is 2. The average molecular weight is 298 g/mol. The maximum absolute atomic E-state index is 4.29. The van der Waals surface area contributed by atoms with Gasteiger partial charge in [-0.05, 0) is 5.56 Å². The Morgan fingerprint density at radius 3 is 2.64 bits per heavy atom. The van der Waals surface area contributed by atoms with Crippen molar-refractivity contribution in [2.24, 2.45) is 0 Å². The van der Waals surface area contributed by atoms with Gasteiger partial charge in [0, 0.05) is 17.2 Å². The molecular weight excluding hydrogens is 287 g/mol. The Labute approximate surface area is 97.1 Å². The van der Waals surface area contributed by atoms with E-state index in [2.05, 4.69) is 62.6 Å². The van der Waals surface area contributed by atoms with Crippen LogP contribution < -0.4 is 0 Å². The highest BCUT2D eigenvalue weighted by Gasteiger charge is 1.97. The standard InChI is InChI=1S/C11H11IN2/c12-6-11-8-14(9-13-11)7-10-4-2-1-3-5-10/h1-5,8-9H,6-7H2. The van der Waals surface area contributed by atoms with Crippen molar-refractivity contribution in [2.45, 2.75) is 11.0 Å². The molecule has 1 heterocycles. The molecule has 0 radical (unpaired) electrons. The molecule has 1 aromatic heterocycles. The molecule has 3 heteroatoms. The summed E-state index contributed by atoms with van der Waals surface area (Å²) in [5, 5.41) is 0. The quantitative estimate of drug-likeness (QED) is 0.629. The van der Waals surface area contributed by atoms with Crippen LogP contribution in [0, 0.1) is 0 Å². The molecule has 0 saturated heterocycles. The second-order valence-electron chi connectivity index (χ2n) is 3.16. The lowest BCUT2D eigenvalue weighted by atomic mass is 10.2. The van der Waals surface area contributed by atoms with Crippen molar-refractivity contribution in [1.82, 2.24) is 9.55 Å². The Balaban J connectivity index is 2.11. The zero-order chi connectivity index (χ0) is 9.80. The predicted molar refractivity (Wildman–Crippen MR) is 65.5 cm³/mol. The largest absolute Gasteiger partial charge is 0.333 e. The van der Waals surface area contributed by atoms with E-state index < -0.39 is 0 Å². The second-order valence-corrected chi connectivity index (χ2v) is 3.92. The lowest BCUT2D eigenvalue weighted by Crippen LogP contribution is -1.95. The molecule has 2 rings (SSSR count). The van der Waals surface area contributed by atoms with Gasteiger partial charge in [-0.3, -0.25) is 0 Å². The fourth-order valence-corrected chi connectivity index (χ4v) is 1.75. The summed E-state index contributed by atoms with van der Waals surface area (Å²) in [4.78, 5) is 4.29. The molecule has 0 spiro atoms. The lowest BCUT2D eigenvalue weighted by molar-refractivity contribution is 0.797. The van der Waals surface area contributed by atoms with Crippen LogP contribution in [0.5, 0.6) is 0 Å². The van der Waals surface area contributed by atoms with E-state index >= 15 is 0 Å². The van der Waals surface area contributed by atoms with Crippen LogP contribution in [0.4, 0.5) is 0 Å². The number of halogens is 1. The Kier molecular flexibility index (Phi) is 3.18. The zero-order valence-corrected chi connectivity index (χ0v) is 9.89. The summed E-state index contributed by atoms with van der Waals surface area (Å²) in [7, 11) is 0. The number of rotatable bonds is 3. The highest BCUT2D eigenvalue weighted by Crippen LogP contribution is 2.06. The van der Waals surface area contributed by atoms with Gasteiger partial charge in [-0.25, -0.2) is 4.98 Å². The fourth-order valence-electron chi connectivity index (χ4n) is 1.36. The summed E-state index contributed by atoms with van der Waals surface area (Å²) in [6.45, 7) is 0.907. The van der Waals surface area contributed by atoms with Crippen LogP contribution in [0.2, 0.25) is 0 Å². The van der Waals surface area contributed by atoms with E-state index in [1.54, 1.807) is 0 Å². The third-order valence-electron chi connectivity index (χ3n) is 2.03. The second kappa shape index (κ2) is 4.59. The first-order valence-electron chi connectivity index (χ1n) is 4.49. The highest BCUT2D eigenvalue weighted by atomic mass is 127. The molecule has 0 saturated carbocycles. The van der Waals surface area contributed by atoms with E-state index in [-0.39, 0.29) is 0 Å². The van der Waals surface area contributed by atoms with E-state index in [0.29, 0.717) is 0 Å². The molecule has 0 aliphatic heterocycles. The van der Waals surface area contributed by atoms with Crippen LogP contribution in [0.3, 0.4) is 0 Å². The summed E-state index contributed by atoms with van der Waals surface area (Å²) >= 11 is 2.32. The van der Waals surface area contributed by atoms with Gasteiger partial charge in [-0.15, -0.1) is 0 Å². The summed E-state index contributed by atoms with van der Waals surface area (Å²) in [6.07, 6.45) is 3.99. The molecule has 0 atom stereocenters. The monoisotopic (exact) mass is 298 g/mol. The average Bonchev–Trinajstić information content (AvgIpc) is 2.67. The van der Waals surface area contributed by atoms with E-state index in [0.717, 1.165) is 16.7 Å². The molecule has 72 valence electrons. The van der Waals surface area contributed by atoms with E-state index in [1.165, 1.54) is 5.56 Å². The van der Waals surface area contributed by atoms with Gasteiger partial charge in [-0.1, -0.05) is 52.9 Å². The van der Waals surface area contributed by atoms with Crippen LogP contribution >= 0.6 is 22.6 Å². The summed E-state index contributed by atoms with van der Waals surface area (Å²) < 4.78 is 3.09. The van der Waals surface area contributed by atoms with Crippen molar-refractivity contribution in [2.75, 3.05) is 0 Å². The molecule has 1 aromatic carbocycles. The van der Waals surface area contributed by atoms with Crippen LogP contribution in [0.25, 0.3) is 0 Å². The molecule has 0 N–H and O–H groups in total. The number of hydrogen-bond acceptors (Lipinski definition) is 1. The normalized spacial score (nSPS) is 10.4. The third kappa shape index (κ3) is 2.35. The molecule has 0 amide bonds. The van der Waals surface area contributed by atoms with Gasteiger partial charge in [0.25, 0.3) is 0 Å².